The lowest BCUT2D eigenvalue weighted by Crippen LogP contribution is -2.48. The maximum atomic E-state index is 5.87. The zero-order chi connectivity index (χ0) is 20.8. The summed E-state index contributed by atoms with van der Waals surface area (Å²) in [6.45, 7) is 7.56. The third-order valence-electron chi connectivity index (χ3n) is 5.12. The Balaban J connectivity index is 1.46. The van der Waals surface area contributed by atoms with Gasteiger partial charge in [-0.3, -0.25) is 9.80 Å². The SMILES string of the molecule is COc1ccc(OCCN2CCN(C(C)c3nc(N)nc(N(C)C)n3)CC2)cc1. The smallest absolute Gasteiger partial charge is 0.229 e. The van der Waals surface area contributed by atoms with Gasteiger partial charge >= 0.3 is 0 Å². The highest BCUT2D eigenvalue weighted by Gasteiger charge is 2.24. The molecule has 1 aromatic carbocycles. The Bertz CT molecular complexity index is 777. The number of methoxy groups -OCH3 is 1. The Morgan fingerprint density at radius 2 is 1.69 bits per heavy atom. The first-order valence-electron chi connectivity index (χ1n) is 9.88. The van der Waals surface area contributed by atoms with Crippen LogP contribution < -0.4 is 20.1 Å². The molecule has 3 rings (SSSR count). The molecule has 1 aliphatic rings. The van der Waals surface area contributed by atoms with Crippen LogP contribution in [-0.2, 0) is 0 Å². The summed E-state index contributed by atoms with van der Waals surface area (Å²) in [6.07, 6.45) is 0. The number of hydrogen-bond acceptors (Lipinski definition) is 9. The molecule has 9 heteroatoms. The second-order valence-electron chi connectivity index (χ2n) is 7.32. The number of anilines is 2. The molecule has 158 valence electrons. The lowest BCUT2D eigenvalue weighted by molar-refractivity contribution is 0.0890. The predicted octanol–water partition coefficient (Wildman–Crippen LogP) is 1.29. The zero-order valence-corrected chi connectivity index (χ0v) is 17.7. The fraction of sp³-hybridized carbons (Fsp3) is 0.550. The fourth-order valence-electron chi connectivity index (χ4n) is 3.29. The van der Waals surface area contributed by atoms with Gasteiger partial charge in [-0.25, -0.2) is 0 Å². The first-order valence-corrected chi connectivity index (χ1v) is 9.88. The lowest BCUT2D eigenvalue weighted by atomic mass is 10.2. The molecule has 29 heavy (non-hydrogen) atoms. The van der Waals surface area contributed by atoms with Crippen molar-refractivity contribution in [1.82, 2.24) is 24.8 Å². The Morgan fingerprint density at radius 3 is 2.31 bits per heavy atom. The molecule has 1 aliphatic heterocycles. The van der Waals surface area contributed by atoms with Crippen molar-refractivity contribution in [1.29, 1.82) is 0 Å². The molecule has 0 spiro atoms. The second kappa shape index (κ2) is 9.71. The van der Waals surface area contributed by atoms with E-state index >= 15 is 0 Å². The molecule has 0 saturated carbocycles. The van der Waals surface area contributed by atoms with E-state index in [9.17, 15) is 0 Å². The summed E-state index contributed by atoms with van der Waals surface area (Å²) in [7, 11) is 5.46. The van der Waals surface area contributed by atoms with E-state index in [-0.39, 0.29) is 12.0 Å². The summed E-state index contributed by atoms with van der Waals surface area (Å²) >= 11 is 0. The molecule has 0 aliphatic carbocycles. The number of benzene rings is 1. The first kappa shape index (κ1) is 21.1. The summed E-state index contributed by atoms with van der Waals surface area (Å²) < 4.78 is 11.0. The lowest BCUT2D eigenvalue weighted by Gasteiger charge is -2.37. The van der Waals surface area contributed by atoms with Crippen LogP contribution in [0.5, 0.6) is 11.5 Å². The summed E-state index contributed by atoms with van der Waals surface area (Å²) in [4.78, 5) is 19.7. The normalized spacial score (nSPS) is 16.4. The third kappa shape index (κ3) is 5.68. The predicted molar refractivity (Wildman–Crippen MR) is 113 cm³/mol. The van der Waals surface area contributed by atoms with Crippen molar-refractivity contribution in [3.05, 3.63) is 30.1 Å². The molecule has 0 amide bonds. The molecule has 2 N–H and O–H groups in total. The van der Waals surface area contributed by atoms with Crippen LogP contribution in [0.3, 0.4) is 0 Å². The average molecular weight is 402 g/mol. The van der Waals surface area contributed by atoms with Gasteiger partial charge in [0.25, 0.3) is 0 Å². The van der Waals surface area contributed by atoms with Crippen molar-refractivity contribution in [2.45, 2.75) is 13.0 Å². The van der Waals surface area contributed by atoms with Crippen LogP contribution in [0.25, 0.3) is 0 Å². The Morgan fingerprint density at radius 1 is 1.03 bits per heavy atom. The molecule has 1 unspecified atom stereocenters. The Hall–Kier alpha value is -2.65. The van der Waals surface area contributed by atoms with Crippen LogP contribution in [-0.4, -0.2) is 85.3 Å². The van der Waals surface area contributed by atoms with Crippen molar-refractivity contribution < 1.29 is 9.47 Å². The molecule has 0 bridgehead atoms. The van der Waals surface area contributed by atoms with E-state index in [1.165, 1.54) is 0 Å². The van der Waals surface area contributed by atoms with Gasteiger partial charge in [0.1, 0.15) is 18.1 Å². The number of ether oxygens (including phenoxy) is 2. The van der Waals surface area contributed by atoms with E-state index in [0.717, 1.165) is 50.0 Å². The van der Waals surface area contributed by atoms with E-state index < -0.39 is 0 Å². The van der Waals surface area contributed by atoms with Crippen molar-refractivity contribution in [3.8, 4) is 11.5 Å². The van der Waals surface area contributed by atoms with E-state index in [1.807, 2.05) is 43.3 Å². The number of nitrogen functional groups attached to an aromatic ring is 1. The van der Waals surface area contributed by atoms with Gasteiger partial charge in [0, 0.05) is 46.8 Å². The number of nitrogens with two attached hydrogens (primary N) is 1. The highest BCUT2D eigenvalue weighted by atomic mass is 16.5. The highest BCUT2D eigenvalue weighted by molar-refractivity contribution is 5.33. The molecular weight excluding hydrogens is 370 g/mol. The molecule has 1 atom stereocenters. The summed E-state index contributed by atoms with van der Waals surface area (Å²) in [6, 6.07) is 7.77. The number of hydrogen-bond donors (Lipinski definition) is 1. The maximum absolute atomic E-state index is 5.87. The number of piperazine rings is 1. The molecule has 9 nitrogen and oxygen atoms in total. The fourth-order valence-corrected chi connectivity index (χ4v) is 3.29. The average Bonchev–Trinajstić information content (AvgIpc) is 2.73. The largest absolute Gasteiger partial charge is 0.497 e. The van der Waals surface area contributed by atoms with Crippen molar-refractivity contribution in [2.75, 3.05) is 71.2 Å². The van der Waals surface area contributed by atoms with Crippen LogP contribution in [0.4, 0.5) is 11.9 Å². The molecule has 1 saturated heterocycles. The molecule has 2 aromatic rings. The minimum absolute atomic E-state index is 0.0942. The second-order valence-corrected chi connectivity index (χ2v) is 7.32. The summed E-state index contributed by atoms with van der Waals surface area (Å²) in [5.74, 6) is 3.27. The minimum atomic E-state index is 0.0942. The van der Waals surface area contributed by atoms with Gasteiger partial charge in [-0.1, -0.05) is 0 Å². The maximum Gasteiger partial charge on any atom is 0.229 e. The molecule has 2 heterocycles. The van der Waals surface area contributed by atoms with E-state index in [1.54, 1.807) is 7.11 Å². The van der Waals surface area contributed by atoms with Crippen LogP contribution in [0.1, 0.15) is 18.8 Å². The highest BCUT2D eigenvalue weighted by Crippen LogP contribution is 2.21. The van der Waals surface area contributed by atoms with Crippen molar-refractivity contribution >= 4 is 11.9 Å². The number of nitrogens with zero attached hydrogens (tertiary/aromatic N) is 6. The molecule has 1 fully saturated rings. The number of aromatic nitrogens is 3. The van der Waals surface area contributed by atoms with Gasteiger partial charge in [-0.2, -0.15) is 15.0 Å². The van der Waals surface area contributed by atoms with Crippen molar-refractivity contribution in [2.24, 2.45) is 0 Å². The van der Waals surface area contributed by atoms with Crippen LogP contribution in [0.15, 0.2) is 24.3 Å². The van der Waals surface area contributed by atoms with Crippen LogP contribution >= 0.6 is 0 Å². The number of rotatable bonds is 8. The Kier molecular flexibility index (Phi) is 7.05. The topological polar surface area (TPSA) is 92.9 Å². The summed E-state index contributed by atoms with van der Waals surface area (Å²) in [5.41, 5.74) is 5.87. The van der Waals surface area contributed by atoms with Crippen LogP contribution in [0, 0.1) is 0 Å². The van der Waals surface area contributed by atoms with Gasteiger partial charge < -0.3 is 20.1 Å². The monoisotopic (exact) mass is 401 g/mol. The minimum Gasteiger partial charge on any atom is -0.497 e. The van der Waals surface area contributed by atoms with E-state index in [0.29, 0.717) is 12.6 Å². The van der Waals surface area contributed by atoms with Crippen molar-refractivity contribution in [3.63, 3.8) is 0 Å². The quantitative estimate of drug-likeness (QED) is 0.702. The van der Waals surface area contributed by atoms with E-state index in [2.05, 4.69) is 31.7 Å². The van der Waals surface area contributed by atoms with E-state index in [4.69, 9.17) is 15.2 Å². The Labute approximate surface area is 172 Å². The molecular formula is C20H31N7O2. The van der Waals surface area contributed by atoms with Gasteiger partial charge in [0.15, 0.2) is 5.82 Å². The van der Waals surface area contributed by atoms with Gasteiger partial charge in [0.05, 0.1) is 13.2 Å². The standard InChI is InChI=1S/C20H31N7O2/c1-15(18-22-19(21)24-20(23-18)25(2)3)27-11-9-26(10-12-27)13-14-29-17-7-5-16(28-4)6-8-17/h5-8,15H,9-14H2,1-4H3,(H2,21,22,23,24). The summed E-state index contributed by atoms with van der Waals surface area (Å²) in [5, 5.41) is 0. The van der Waals surface area contributed by atoms with Gasteiger partial charge in [-0.05, 0) is 31.2 Å². The zero-order valence-electron chi connectivity index (χ0n) is 17.7. The van der Waals surface area contributed by atoms with Crippen LogP contribution in [0.2, 0.25) is 0 Å². The molecule has 0 radical (unpaired) electrons. The van der Waals surface area contributed by atoms with Gasteiger partial charge in [-0.15, -0.1) is 0 Å². The van der Waals surface area contributed by atoms with Gasteiger partial charge in [0.2, 0.25) is 11.9 Å². The third-order valence-corrected chi connectivity index (χ3v) is 5.12. The first-order chi connectivity index (χ1) is 14.0. The molecule has 1 aromatic heterocycles.